The highest BCUT2D eigenvalue weighted by Gasteiger charge is 2.32. The van der Waals surface area contributed by atoms with Gasteiger partial charge in [0.2, 0.25) is 0 Å². The second-order valence-electron chi connectivity index (χ2n) is 7.17. The van der Waals surface area contributed by atoms with E-state index < -0.39 is 11.8 Å². The van der Waals surface area contributed by atoms with Gasteiger partial charge in [-0.05, 0) is 42.8 Å². The number of nitrogens with one attached hydrogen (secondary N) is 1. The summed E-state index contributed by atoms with van der Waals surface area (Å²) >= 11 is 0. The van der Waals surface area contributed by atoms with Crippen molar-refractivity contribution in [2.24, 2.45) is 0 Å². The van der Waals surface area contributed by atoms with Crippen molar-refractivity contribution in [3.05, 3.63) is 53.6 Å². The molecule has 2 amide bonds. The van der Waals surface area contributed by atoms with Gasteiger partial charge in [-0.1, -0.05) is 0 Å². The highest BCUT2D eigenvalue weighted by atomic mass is 16.5. The molecular weight excluding hydrogens is 396 g/mol. The molecule has 1 aliphatic heterocycles. The Morgan fingerprint density at radius 2 is 1.71 bits per heavy atom. The van der Waals surface area contributed by atoms with E-state index in [4.69, 9.17) is 14.7 Å². The Morgan fingerprint density at radius 3 is 2.39 bits per heavy atom. The molecule has 1 N–H and O–H groups in total. The molecule has 0 bridgehead atoms. The van der Waals surface area contributed by atoms with Crippen LogP contribution in [0.15, 0.2) is 42.5 Å². The van der Waals surface area contributed by atoms with Crippen molar-refractivity contribution in [2.45, 2.75) is 13.0 Å². The molecule has 162 valence electrons. The number of nitrogens with zero attached hydrogens (tertiary/aromatic N) is 3. The third-order valence-corrected chi connectivity index (χ3v) is 5.20. The van der Waals surface area contributed by atoms with Crippen LogP contribution in [0.1, 0.15) is 17.5 Å². The number of ether oxygens (including phenoxy) is 2. The summed E-state index contributed by atoms with van der Waals surface area (Å²) in [6, 6.07) is 14.7. The van der Waals surface area contributed by atoms with Gasteiger partial charge in [-0.15, -0.1) is 0 Å². The van der Waals surface area contributed by atoms with Crippen LogP contribution in [-0.4, -0.2) is 62.0 Å². The number of piperazine rings is 1. The molecule has 31 heavy (non-hydrogen) atoms. The summed E-state index contributed by atoms with van der Waals surface area (Å²) < 4.78 is 10.6. The van der Waals surface area contributed by atoms with Crippen LogP contribution in [0.2, 0.25) is 0 Å². The van der Waals surface area contributed by atoms with Gasteiger partial charge in [0.05, 0.1) is 25.9 Å². The van der Waals surface area contributed by atoms with Gasteiger partial charge in [0, 0.05) is 50.0 Å². The first kappa shape index (κ1) is 22.0. The fraction of sp³-hybridized carbons (Fsp3) is 0.348. The van der Waals surface area contributed by atoms with Crippen LogP contribution in [0.4, 0.5) is 5.69 Å². The predicted molar refractivity (Wildman–Crippen MR) is 116 cm³/mol. The molecule has 0 radical (unpaired) electrons. The average molecular weight is 422 g/mol. The highest BCUT2D eigenvalue weighted by molar-refractivity contribution is 6.35. The van der Waals surface area contributed by atoms with Crippen molar-refractivity contribution in [3.63, 3.8) is 0 Å². The number of anilines is 1. The van der Waals surface area contributed by atoms with Crippen LogP contribution in [-0.2, 0) is 16.1 Å². The van der Waals surface area contributed by atoms with Crippen molar-refractivity contribution >= 4 is 17.5 Å². The number of hydrogen-bond donors (Lipinski definition) is 1. The van der Waals surface area contributed by atoms with Gasteiger partial charge in [-0.3, -0.25) is 9.59 Å². The quantitative estimate of drug-likeness (QED) is 0.492. The lowest BCUT2D eigenvalue weighted by molar-refractivity contribution is -0.156. The van der Waals surface area contributed by atoms with E-state index in [2.05, 4.69) is 11.4 Å². The van der Waals surface area contributed by atoms with Gasteiger partial charge >= 0.3 is 11.8 Å². The summed E-state index contributed by atoms with van der Waals surface area (Å²) in [7, 11) is 3.14. The number of carbonyl (C=O) groups excluding carboxylic acids is 2. The number of amides is 2. The number of rotatable bonds is 9. The summed E-state index contributed by atoms with van der Waals surface area (Å²) in [6.45, 7) is 2.46. The zero-order valence-electron chi connectivity index (χ0n) is 17.8. The summed E-state index contributed by atoms with van der Waals surface area (Å²) in [5, 5.41) is 12.1. The van der Waals surface area contributed by atoms with E-state index in [-0.39, 0.29) is 0 Å². The van der Waals surface area contributed by atoms with Gasteiger partial charge in [-0.2, -0.15) is 5.26 Å². The first-order valence-corrected chi connectivity index (χ1v) is 10.1. The van der Waals surface area contributed by atoms with E-state index in [1.54, 1.807) is 48.3 Å². The molecule has 1 heterocycles. The van der Waals surface area contributed by atoms with E-state index in [0.29, 0.717) is 56.2 Å². The fourth-order valence-electron chi connectivity index (χ4n) is 3.43. The van der Waals surface area contributed by atoms with Gasteiger partial charge in [0.15, 0.2) is 0 Å². The first-order chi connectivity index (χ1) is 15.0. The molecule has 0 atom stereocenters. The molecule has 1 aliphatic rings. The van der Waals surface area contributed by atoms with Crippen molar-refractivity contribution in [3.8, 4) is 17.6 Å². The minimum atomic E-state index is -0.496. The number of hydrogen-bond acceptors (Lipinski definition) is 6. The fourth-order valence-corrected chi connectivity index (χ4v) is 3.43. The number of nitriles is 1. The molecule has 8 nitrogen and oxygen atoms in total. The Kier molecular flexibility index (Phi) is 7.33. The lowest BCUT2D eigenvalue weighted by Crippen LogP contribution is -2.54. The molecule has 0 spiro atoms. The van der Waals surface area contributed by atoms with E-state index in [1.165, 1.54) is 0 Å². The van der Waals surface area contributed by atoms with Crippen molar-refractivity contribution in [2.75, 3.05) is 45.7 Å². The summed E-state index contributed by atoms with van der Waals surface area (Å²) in [5.41, 5.74) is 2.35. The molecule has 2 aromatic carbocycles. The zero-order valence-corrected chi connectivity index (χ0v) is 17.8. The zero-order chi connectivity index (χ0) is 22.2. The third kappa shape index (κ3) is 5.45. The monoisotopic (exact) mass is 422 g/mol. The van der Waals surface area contributed by atoms with Crippen LogP contribution in [0.25, 0.3) is 0 Å². The van der Waals surface area contributed by atoms with E-state index in [1.807, 2.05) is 18.2 Å². The third-order valence-electron chi connectivity index (χ3n) is 5.20. The first-order valence-electron chi connectivity index (χ1n) is 10.1. The second-order valence-corrected chi connectivity index (χ2v) is 7.17. The van der Waals surface area contributed by atoms with Crippen LogP contribution < -0.4 is 14.8 Å². The normalized spacial score (nSPS) is 13.7. The minimum Gasteiger partial charge on any atom is -0.497 e. The largest absolute Gasteiger partial charge is 0.497 e. The molecule has 8 heteroatoms. The topological polar surface area (TPSA) is 94.9 Å². The smallest absolute Gasteiger partial charge is 0.312 e. The van der Waals surface area contributed by atoms with Gasteiger partial charge < -0.3 is 24.6 Å². The van der Waals surface area contributed by atoms with Crippen LogP contribution in [0.3, 0.4) is 0 Å². The molecule has 0 aromatic heterocycles. The van der Waals surface area contributed by atoms with Gasteiger partial charge in [0.1, 0.15) is 11.5 Å². The number of carbonyl (C=O) groups is 2. The Hall–Kier alpha value is -3.73. The maximum atomic E-state index is 12.6. The second kappa shape index (κ2) is 10.3. The lowest BCUT2D eigenvalue weighted by atomic mass is 10.1. The van der Waals surface area contributed by atoms with Gasteiger partial charge in [0.25, 0.3) is 0 Å². The summed E-state index contributed by atoms with van der Waals surface area (Å²) in [4.78, 5) is 28.3. The number of benzene rings is 2. The molecule has 0 saturated carbocycles. The molecule has 2 aromatic rings. The number of methoxy groups -OCH3 is 2. The molecule has 0 aliphatic carbocycles. The van der Waals surface area contributed by atoms with E-state index >= 15 is 0 Å². The Morgan fingerprint density at radius 1 is 1.00 bits per heavy atom. The predicted octanol–water partition coefficient (Wildman–Crippen LogP) is 2.25. The molecule has 1 fully saturated rings. The Balaban J connectivity index is 1.49. The lowest BCUT2D eigenvalue weighted by Gasteiger charge is -2.34. The molecule has 0 unspecified atom stereocenters. The summed E-state index contributed by atoms with van der Waals surface area (Å²) in [5.74, 6) is 0.319. The van der Waals surface area contributed by atoms with Crippen LogP contribution >= 0.6 is 0 Å². The maximum absolute atomic E-state index is 12.6. The minimum absolute atomic E-state index is 0.311. The SMILES string of the molecule is COc1ccc(CN2CCN(CCCNc3ccc(C#N)cc3)C(=O)C2=O)c(OC)c1. The van der Waals surface area contributed by atoms with Crippen molar-refractivity contribution in [1.29, 1.82) is 5.26 Å². The van der Waals surface area contributed by atoms with Crippen molar-refractivity contribution < 1.29 is 19.1 Å². The van der Waals surface area contributed by atoms with E-state index in [0.717, 1.165) is 11.3 Å². The van der Waals surface area contributed by atoms with Crippen LogP contribution in [0, 0.1) is 11.3 Å². The Bertz CT molecular complexity index is 969. The highest BCUT2D eigenvalue weighted by Crippen LogP contribution is 2.26. The standard InChI is InChI=1S/C23H26N4O4/c1-30-20-9-6-18(21(14-20)31-2)16-27-13-12-26(22(28)23(27)29)11-3-10-25-19-7-4-17(15-24)5-8-19/h4-9,14,25H,3,10-13,16H2,1-2H3. The van der Waals surface area contributed by atoms with Crippen molar-refractivity contribution in [1.82, 2.24) is 9.80 Å². The average Bonchev–Trinajstić information content (AvgIpc) is 2.81. The molecule has 3 rings (SSSR count). The van der Waals surface area contributed by atoms with Crippen LogP contribution in [0.5, 0.6) is 11.5 Å². The van der Waals surface area contributed by atoms with Gasteiger partial charge in [-0.25, -0.2) is 0 Å². The summed E-state index contributed by atoms with van der Waals surface area (Å²) in [6.07, 6.45) is 0.714. The maximum Gasteiger partial charge on any atom is 0.312 e. The molecular formula is C23H26N4O4. The molecule has 1 saturated heterocycles. The van der Waals surface area contributed by atoms with E-state index in [9.17, 15) is 9.59 Å². The Labute approximate surface area is 182 Å².